The fourth-order valence-corrected chi connectivity index (χ4v) is 4.62. The van der Waals surface area contributed by atoms with Crippen molar-refractivity contribution in [2.45, 2.75) is 81.6 Å². The predicted octanol–water partition coefficient (Wildman–Crippen LogP) is 4.45. The van der Waals surface area contributed by atoms with Crippen LogP contribution in [0.25, 0.3) is 0 Å². The van der Waals surface area contributed by atoms with Gasteiger partial charge in [-0.2, -0.15) is 0 Å². The molecule has 1 aromatic rings. The molecule has 0 spiro atoms. The molecule has 0 saturated heterocycles. The van der Waals surface area contributed by atoms with Crippen molar-refractivity contribution < 1.29 is 20.1 Å². The van der Waals surface area contributed by atoms with Crippen LogP contribution in [-0.4, -0.2) is 39.4 Å². The lowest BCUT2D eigenvalue weighted by Crippen LogP contribution is -2.23. The minimum absolute atomic E-state index is 0.0300. The average molecular weight is 397 g/mol. The molecule has 152 valence electrons. The molecule has 5 heteroatoms. The number of halogens is 1. The van der Waals surface area contributed by atoms with E-state index in [0.717, 1.165) is 43.2 Å². The first-order valence-corrected chi connectivity index (χ1v) is 10.4. The monoisotopic (exact) mass is 396 g/mol. The van der Waals surface area contributed by atoms with Crippen LogP contribution in [0.1, 0.15) is 75.8 Å². The third kappa shape index (κ3) is 5.94. The Bertz CT molecular complexity index is 599. The number of hydrogen-bond acceptors (Lipinski definition) is 3. The van der Waals surface area contributed by atoms with Crippen LogP contribution in [0.4, 0.5) is 0 Å². The summed E-state index contributed by atoms with van der Waals surface area (Å²) < 4.78 is 0. The number of carboxylic acids is 1. The van der Waals surface area contributed by atoms with E-state index < -0.39 is 12.1 Å². The van der Waals surface area contributed by atoms with Crippen LogP contribution in [0.2, 0.25) is 0 Å². The molecule has 1 aliphatic rings. The molecule has 2 rings (SSSR count). The molecule has 4 atom stereocenters. The van der Waals surface area contributed by atoms with Crippen LogP contribution in [0.3, 0.4) is 0 Å². The highest BCUT2D eigenvalue weighted by Gasteiger charge is 2.41. The van der Waals surface area contributed by atoms with Gasteiger partial charge in [0.1, 0.15) is 0 Å². The highest BCUT2D eigenvalue weighted by Crippen LogP contribution is 2.45. The van der Waals surface area contributed by atoms with Crippen LogP contribution in [0.15, 0.2) is 24.3 Å². The lowest BCUT2D eigenvalue weighted by atomic mass is 9.81. The topological polar surface area (TPSA) is 77.8 Å². The third-order valence-electron chi connectivity index (χ3n) is 5.96. The van der Waals surface area contributed by atoms with E-state index >= 15 is 0 Å². The lowest BCUT2D eigenvalue weighted by molar-refractivity contribution is -0.137. The second-order valence-electron chi connectivity index (χ2n) is 8.52. The Balaban J connectivity index is 1.97. The van der Waals surface area contributed by atoms with Crippen molar-refractivity contribution in [3.63, 3.8) is 0 Å². The molecule has 27 heavy (non-hydrogen) atoms. The van der Waals surface area contributed by atoms with Crippen LogP contribution in [-0.2, 0) is 10.2 Å². The number of benzene rings is 1. The zero-order valence-electron chi connectivity index (χ0n) is 16.4. The summed E-state index contributed by atoms with van der Waals surface area (Å²) in [6, 6.07) is 8.22. The van der Waals surface area contributed by atoms with E-state index in [1.807, 2.05) is 26.0 Å². The van der Waals surface area contributed by atoms with Crippen molar-refractivity contribution in [1.29, 1.82) is 0 Å². The van der Waals surface area contributed by atoms with Crippen LogP contribution in [0, 0.1) is 5.92 Å². The van der Waals surface area contributed by atoms with Crippen molar-refractivity contribution in [2.75, 3.05) is 6.61 Å². The van der Waals surface area contributed by atoms with E-state index in [-0.39, 0.29) is 35.7 Å². The second-order valence-corrected chi connectivity index (χ2v) is 9.08. The Morgan fingerprint density at radius 2 is 1.78 bits per heavy atom. The molecule has 1 aliphatic carbocycles. The number of carboxylic acid groups (broad SMARTS) is 1. The number of aliphatic carboxylic acids is 1. The highest BCUT2D eigenvalue weighted by molar-refractivity contribution is 6.21. The number of unbranched alkanes of at least 4 members (excludes halogenated alkanes) is 3. The molecule has 0 heterocycles. The minimum atomic E-state index is -0.734. The summed E-state index contributed by atoms with van der Waals surface area (Å²) in [6.45, 7) is 4.11. The second kappa shape index (κ2) is 9.90. The zero-order chi connectivity index (χ0) is 20.0. The van der Waals surface area contributed by atoms with Crippen LogP contribution >= 0.6 is 11.6 Å². The Labute approximate surface area is 167 Å². The van der Waals surface area contributed by atoms with Crippen LogP contribution < -0.4 is 0 Å². The van der Waals surface area contributed by atoms with Crippen molar-refractivity contribution in [2.24, 2.45) is 5.92 Å². The molecule has 4 unspecified atom stereocenters. The van der Waals surface area contributed by atoms with Gasteiger partial charge in [-0.15, -0.1) is 11.6 Å². The Morgan fingerprint density at radius 1 is 1.15 bits per heavy atom. The summed E-state index contributed by atoms with van der Waals surface area (Å²) in [5.41, 5.74) is 1.91. The number of alkyl halides is 1. The number of aliphatic hydroxyl groups excluding tert-OH is 2. The molecule has 0 aliphatic heterocycles. The predicted molar refractivity (Wildman–Crippen MR) is 108 cm³/mol. The molecule has 0 amide bonds. The van der Waals surface area contributed by atoms with Gasteiger partial charge >= 0.3 is 5.97 Å². The molecular formula is C22H33ClO4. The van der Waals surface area contributed by atoms with E-state index in [1.54, 1.807) is 0 Å². The number of hydrogen-bond donors (Lipinski definition) is 3. The van der Waals surface area contributed by atoms with Gasteiger partial charge in [-0.1, -0.05) is 57.4 Å². The Kier molecular flexibility index (Phi) is 8.14. The smallest absolute Gasteiger partial charge is 0.303 e. The summed E-state index contributed by atoms with van der Waals surface area (Å²) in [7, 11) is 0. The maximum absolute atomic E-state index is 10.6. The third-order valence-corrected chi connectivity index (χ3v) is 6.46. The minimum Gasteiger partial charge on any atom is -0.481 e. The fraction of sp³-hybridized carbons (Fsp3) is 0.682. The van der Waals surface area contributed by atoms with E-state index in [2.05, 4.69) is 12.1 Å². The Hall–Kier alpha value is -1.10. The van der Waals surface area contributed by atoms with Gasteiger partial charge in [-0.25, -0.2) is 0 Å². The number of rotatable bonds is 10. The molecule has 1 saturated carbocycles. The quantitative estimate of drug-likeness (QED) is 0.403. The van der Waals surface area contributed by atoms with E-state index in [1.165, 1.54) is 0 Å². The van der Waals surface area contributed by atoms with Crippen molar-refractivity contribution in [3.8, 4) is 0 Å². The van der Waals surface area contributed by atoms with Gasteiger partial charge in [0, 0.05) is 23.1 Å². The molecule has 1 fully saturated rings. The lowest BCUT2D eigenvalue weighted by Gasteiger charge is -2.26. The molecule has 0 radical (unpaired) electrons. The van der Waals surface area contributed by atoms with Gasteiger partial charge in [0.05, 0.1) is 12.7 Å². The Morgan fingerprint density at radius 3 is 2.37 bits per heavy atom. The van der Waals surface area contributed by atoms with Gasteiger partial charge in [-0.05, 0) is 36.3 Å². The standard InChI is InChI=1S/C22H33ClO4/c1-22(2,14-24)16-11-9-15(10-12-16)21-17(18(23)13-19(21)25)7-5-3-4-6-8-20(26)27/h9-12,17-19,21,24-25H,3-8,13-14H2,1-2H3,(H,26,27). The summed E-state index contributed by atoms with van der Waals surface area (Å²) in [6.07, 6.45) is 5.02. The first-order valence-electron chi connectivity index (χ1n) is 10.0. The van der Waals surface area contributed by atoms with Gasteiger partial charge in [0.25, 0.3) is 0 Å². The van der Waals surface area contributed by atoms with Crippen molar-refractivity contribution >= 4 is 17.6 Å². The summed E-state index contributed by atoms with van der Waals surface area (Å²) in [5.74, 6) is -0.460. The van der Waals surface area contributed by atoms with Crippen molar-refractivity contribution in [3.05, 3.63) is 35.4 Å². The maximum atomic E-state index is 10.6. The first-order chi connectivity index (χ1) is 12.8. The largest absolute Gasteiger partial charge is 0.481 e. The van der Waals surface area contributed by atoms with E-state index in [0.29, 0.717) is 6.42 Å². The SMILES string of the molecule is CC(C)(CO)c1ccc(C2C(O)CC(Cl)C2CCCCCCC(=O)O)cc1. The normalized spacial score (nSPS) is 25.7. The fourth-order valence-electron chi connectivity index (χ4n) is 4.15. The number of aliphatic hydroxyl groups is 2. The maximum Gasteiger partial charge on any atom is 0.303 e. The van der Waals surface area contributed by atoms with Gasteiger partial charge in [0.15, 0.2) is 0 Å². The van der Waals surface area contributed by atoms with E-state index in [4.69, 9.17) is 16.7 Å². The van der Waals surface area contributed by atoms with Gasteiger partial charge < -0.3 is 15.3 Å². The summed E-state index contributed by atoms with van der Waals surface area (Å²) >= 11 is 6.55. The molecule has 1 aromatic carbocycles. The van der Waals surface area contributed by atoms with Gasteiger partial charge in [0.2, 0.25) is 0 Å². The van der Waals surface area contributed by atoms with Gasteiger partial charge in [-0.3, -0.25) is 4.79 Å². The highest BCUT2D eigenvalue weighted by atomic mass is 35.5. The summed E-state index contributed by atoms with van der Waals surface area (Å²) in [5, 5.41) is 28.8. The van der Waals surface area contributed by atoms with Crippen molar-refractivity contribution in [1.82, 2.24) is 0 Å². The average Bonchev–Trinajstić information content (AvgIpc) is 2.91. The van der Waals surface area contributed by atoms with E-state index in [9.17, 15) is 15.0 Å². The molecule has 4 nitrogen and oxygen atoms in total. The summed E-state index contributed by atoms with van der Waals surface area (Å²) in [4.78, 5) is 10.6. The molecule has 0 bridgehead atoms. The van der Waals surface area contributed by atoms with Crippen LogP contribution in [0.5, 0.6) is 0 Å². The molecule has 3 N–H and O–H groups in total. The zero-order valence-corrected chi connectivity index (χ0v) is 17.2. The first kappa shape index (κ1) is 22.2. The molecule has 0 aromatic heterocycles. The molecular weight excluding hydrogens is 364 g/mol. The number of carbonyl (C=O) groups is 1.